The van der Waals surface area contributed by atoms with Crippen LogP contribution in [0.15, 0.2) is 180 Å². The van der Waals surface area contributed by atoms with Crippen molar-refractivity contribution in [3.05, 3.63) is 224 Å². The number of pyridine rings is 4. The molecule has 4 aromatic heterocycles. The molecule has 7 heteroatoms. The van der Waals surface area contributed by atoms with E-state index in [4.69, 9.17) is 14.7 Å². The molecule has 0 unspecified atom stereocenters. The van der Waals surface area contributed by atoms with E-state index >= 15 is 0 Å². The molecule has 0 saturated carbocycles. The Kier molecular flexibility index (Phi) is 8.70. The summed E-state index contributed by atoms with van der Waals surface area (Å²) in [5.41, 5.74) is 8.79. The zero-order valence-electron chi connectivity index (χ0n) is 36.7. The lowest BCUT2D eigenvalue weighted by Crippen LogP contribution is -2.35. The number of hydrogen-bond acceptors (Lipinski definition) is 5. The lowest BCUT2D eigenvalue weighted by Gasteiger charge is -2.43. The van der Waals surface area contributed by atoms with Crippen molar-refractivity contribution in [3.8, 4) is 22.9 Å². The van der Waals surface area contributed by atoms with Gasteiger partial charge in [0.15, 0.2) is 0 Å². The molecule has 6 aromatic carbocycles. The minimum atomic E-state index is -1.03. The summed E-state index contributed by atoms with van der Waals surface area (Å²) in [4.78, 5) is 39.6. The molecular weight excluding hydrogens is 789 g/mol. The molecule has 312 valence electrons. The molecule has 0 fully saturated rings. The lowest BCUT2D eigenvalue weighted by molar-refractivity contribution is 0.431. The molecule has 0 amide bonds. The minimum Gasteiger partial charge on any atom is -0.457 e. The van der Waals surface area contributed by atoms with Crippen LogP contribution in [0.5, 0.6) is 11.5 Å². The van der Waals surface area contributed by atoms with E-state index < -0.39 is 5.41 Å². The molecule has 1 aliphatic heterocycles. The first-order valence-corrected chi connectivity index (χ1v) is 21.8. The van der Waals surface area contributed by atoms with Gasteiger partial charge in [-0.1, -0.05) is 102 Å². The highest BCUT2D eigenvalue weighted by atomic mass is 16.5. The van der Waals surface area contributed by atoms with Crippen molar-refractivity contribution >= 4 is 43.6 Å². The third-order valence-electron chi connectivity index (χ3n) is 13.1. The Morgan fingerprint density at radius 1 is 0.453 bits per heavy atom. The van der Waals surface area contributed by atoms with Crippen LogP contribution in [0.1, 0.15) is 74.9 Å². The molecule has 10 aromatic rings. The van der Waals surface area contributed by atoms with Gasteiger partial charge in [-0.25, -0.2) is 0 Å². The van der Waals surface area contributed by atoms with Crippen LogP contribution in [0.25, 0.3) is 55.0 Å². The maximum atomic E-state index is 14.8. The van der Waals surface area contributed by atoms with E-state index in [1.807, 2.05) is 97.1 Å². The van der Waals surface area contributed by atoms with E-state index in [0.717, 1.165) is 67.0 Å². The number of rotatable bonds is 4. The molecular formula is C57H46N4O3. The SMILES string of the molecule is CC(C)(C)c1ccc2c(c1)C(c1ccc3c(=O)n(-c4ccccc4)c4cccnc4c3c1)(c1ccc3c(=O)n(-c4ccccc4)c4cccnc4c3c1)c1cc(C(C)(C)C)ccc1O2. The van der Waals surface area contributed by atoms with E-state index in [2.05, 4.69) is 102 Å². The summed E-state index contributed by atoms with van der Waals surface area (Å²) in [5.74, 6) is 1.46. The molecule has 7 nitrogen and oxygen atoms in total. The summed E-state index contributed by atoms with van der Waals surface area (Å²) in [6.45, 7) is 13.4. The van der Waals surface area contributed by atoms with Gasteiger partial charge in [-0.2, -0.15) is 0 Å². The zero-order valence-corrected chi connectivity index (χ0v) is 36.7. The highest BCUT2D eigenvalue weighted by molar-refractivity contribution is 6.06. The molecule has 0 aliphatic carbocycles. The van der Waals surface area contributed by atoms with Crippen LogP contribution in [0, 0.1) is 0 Å². The average Bonchev–Trinajstić information content (AvgIpc) is 3.30. The fraction of sp³-hybridized carbons (Fsp3) is 0.158. The predicted molar refractivity (Wildman–Crippen MR) is 259 cm³/mol. The van der Waals surface area contributed by atoms with Crippen LogP contribution in [0.4, 0.5) is 0 Å². The number of hydrogen-bond donors (Lipinski definition) is 0. The van der Waals surface area contributed by atoms with Gasteiger partial charge in [0.1, 0.15) is 11.5 Å². The van der Waals surface area contributed by atoms with Gasteiger partial charge in [-0.3, -0.25) is 28.7 Å². The van der Waals surface area contributed by atoms with Crippen molar-refractivity contribution in [2.45, 2.75) is 57.8 Å². The maximum absolute atomic E-state index is 14.8. The van der Waals surface area contributed by atoms with Crippen molar-refractivity contribution in [3.63, 3.8) is 0 Å². The highest BCUT2D eigenvalue weighted by Gasteiger charge is 2.47. The quantitative estimate of drug-likeness (QED) is 0.165. The van der Waals surface area contributed by atoms with Crippen molar-refractivity contribution < 1.29 is 4.74 Å². The Bertz CT molecular complexity index is 3410. The van der Waals surface area contributed by atoms with Gasteiger partial charge in [0.25, 0.3) is 11.1 Å². The number of ether oxygens (including phenoxy) is 1. The first kappa shape index (κ1) is 39.2. The van der Waals surface area contributed by atoms with E-state index in [0.29, 0.717) is 32.8 Å². The molecule has 1 aliphatic rings. The molecule has 11 rings (SSSR count). The van der Waals surface area contributed by atoms with Crippen LogP contribution in [-0.4, -0.2) is 19.1 Å². The zero-order chi connectivity index (χ0) is 44.1. The first-order valence-electron chi connectivity index (χ1n) is 21.8. The fourth-order valence-electron chi connectivity index (χ4n) is 9.83. The van der Waals surface area contributed by atoms with Crippen LogP contribution < -0.4 is 15.9 Å². The van der Waals surface area contributed by atoms with Crippen molar-refractivity contribution in [1.82, 2.24) is 19.1 Å². The van der Waals surface area contributed by atoms with Gasteiger partial charge in [-0.05, 0) is 130 Å². The maximum Gasteiger partial charge on any atom is 0.263 e. The van der Waals surface area contributed by atoms with E-state index in [1.54, 1.807) is 21.5 Å². The van der Waals surface area contributed by atoms with Gasteiger partial charge < -0.3 is 4.74 Å². The molecule has 0 radical (unpaired) electrons. The number of nitrogens with zero attached hydrogens (tertiary/aromatic N) is 4. The Balaban J connectivity index is 1.32. The average molecular weight is 835 g/mol. The van der Waals surface area contributed by atoms with Crippen LogP contribution >= 0.6 is 0 Å². The molecule has 0 N–H and O–H groups in total. The topological polar surface area (TPSA) is 79.0 Å². The van der Waals surface area contributed by atoms with E-state index in [9.17, 15) is 9.59 Å². The summed E-state index contributed by atoms with van der Waals surface area (Å²) in [6.07, 6.45) is 3.58. The second-order valence-electron chi connectivity index (χ2n) is 19.0. The summed E-state index contributed by atoms with van der Waals surface area (Å²) in [6, 6.07) is 52.7. The number of aromatic nitrogens is 4. The van der Waals surface area contributed by atoms with Crippen molar-refractivity contribution in [1.29, 1.82) is 0 Å². The van der Waals surface area contributed by atoms with Gasteiger partial charge in [-0.15, -0.1) is 0 Å². The number of para-hydroxylation sites is 2. The Labute approximate surface area is 370 Å². The second kappa shape index (κ2) is 14.2. The smallest absolute Gasteiger partial charge is 0.263 e. The minimum absolute atomic E-state index is 0.127. The molecule has 0 atom stereocenters. The standard InChI is InChI=1S/C57H46N4O3/c1-55(2,3)35-23-27-49-45(33-35)57(46-34-36(56(4,5)6)24-28-50(46)64-49,37-21-25-41-43(31-37)51-47(19-13-29-58-51)60(53(41)62)39-15-9-7-10-16-39)38-22-26-42-44(32-38)52-48(20-14-30-59-52)61(54(42)63)40-17-11-8-12-18-40/h7-34H,1-6H3. The summed E-state index contributed by atoms with van der Waals surface area (Å²) in [7, 11) is 0. The van der Waals surface area contributed by atoms with Crippen LogP contribution in [-0.2, 0) is 16.2 Å². The molecule has 5 heterocycles. The molecule has 64 heavy (non-hydrogen) atoms. The summed E-state index contributed by atoms with van der Waals surface area (Å²) < 4.78 is 10.5. The van der Waals surface area contributed by atoms with E-state index in [1.165, 1.54) is 0 Å². The first-order chi connectivity index (χ1) is 30.8. The van der Waals surface area contributed by atoms with Crippen LogP contribution in [0.3, 0.4) is 0 Å². The summed E-state index contributed by atoms with van der Waals surface area (Å²) >= 11 is 0. The normalized spacial score (nSPS) is 13.5. The van der Waals surface area contributed by atoms with E-state index in [-0.39, 0.29) is 21.9 Å². The second-order valence-corrected chi connectivity index (χ2v) is 19.0. The third-order valence-corrected chi connectivity index (χ3v) is 13.1. The van der Waals surface area contributed by atoms with Gasteiger partial charge in [0.05, 0.1) is 27.5 Å². The third kappa shape index (κ3) is 5.87. The van der Waals surface area contributed by atoms with Gasteiger partial charge in [0.2, 0.25) is 0 Å². The summed E-state index contributed by atoms with van der Waals surface area (Å²) in [5, 5.41) is 2.61. The Morgan fingerprint density at radius 2 is 0.875 bits per heavy atom. The van der Waals surface area contributed by atoms with Crippen LogP contribution in [0.2, 0.25) is 0 Å². The van der Waals surface area contributed by atoms with Crippen molar-refractivity contribution in [2.24, 2.45) is 0 Å². The molecule has 0 bridgehead atoms. The van der Waals surface area contributed by atoms with Gasteiger partial charge in [0, 0.05) is 56.4 Å². The lowest BCUT2D eigenvalue weighted by atomic mass is 9.62. The monoisotopic (exact) mass is 834 g/mol. The van der Waals surface area contributed by atoms with Gasteiger partial charge >= 0.3 is 0 Å². The number of benzene rings is 6. The number of fused-ring (bicyclic) bond motifs is 8. The predicted octanol–water partition coefficient (Wildman–Crippen LogP) is 12.5. The Hall–Kier alpha value is -7.64. The fourth-order valence-corrected chi connectivity index (χ4v) is 9.83. The molecule has 0 spiro atoms. The molecule has 0 saturated heterocycles. The highest BCUT2D eigenvalue weighted by Crippen LogP contribution is 2.57. The largest absolute Gasteiger partial charge is 0.457 e. The van der Waals surface area contributed by atoms with Crippen molar-refractivity contribution in [2.75, 3.05) is 0 Å². The Morgan fingerprint density at radius 3 is 1.28 bits per heavy atom.